The molecule has 0 aliphatic carbocycles. The molecule has 0 atom stereocenters. The van der Waals surface area contributed by atoms with Crippen LogP contribution >= 0.6 is 11.3 Å². The van der Waals surface area contributed by atoms with E-state index >= 15 is 0 Å². The van der Waals surface area contributed by atoms with E-state index in [0.29, 0.717) is 35.7 Å². The molecule has 0 spiro atoms. The van der Waals surface area contributed by atoms with Gasteiger partial charge in [0.05, 0.1) is 12.7 Å². The Balaban J connectivity index is 2.02. The highest BCUT2D eigenvalue weighted by Gasteiger charge is 2.20. The predicted molar refractivity (Wildman–Crippen MR) is 112 cm³/mol. The molecule has 0 saturated heterocycles. The van der Waals surface area contributed by atoms with Crippen LogP contribution in [0.15, 0.2) is 31.9 Å². The molecule has 2 N–H and O–H groups in total. The molecule has 0 aliphatic heterocycles. The molecule has 8 nitrogen and oxygen atoms in total. The molecule has 2 aromatic heterocycles. The van der Waals surface area contributed by atoms with Gasteiger partial charge < -0.3 is 15.1 Å². The van der Waals surface area contributed by atoms with E-state index in [2.05, 4.69) is 41.4 Å². The molecular weight excluding hydrogens is 398 g/mol. The Morgan fingerprint density at radius 3 is 2.57 bits per heavy atom. The van der Waals surface area contributed by atoms with E-state index in [0.717, 1.165) is 10.6 Å². The minimum atomic E-state index is -3.40. The molecule has 156 valence electrons. The second-order valence-electron chi connectivity index (χ2n) is 7.43. The maximum absolute atomic E-state index is 12.2. The first kappa shape index (κ1) is 22.4. The lowest BCUT2D eigenvalue weighted by atomic mass is 9.94. The van der Waals surface area contributed by atoms with Gasteiger partial charge in [0, 0.05) is 30.9 Å². The Hall–Kier alpha value is -1.91. The number of hydrogen-bond donors (Lipinski definition) is 2. The second kappa shape index (κ2) is 9.06. The molecule has 0 radical (unpaired) electrons. The Labute approximate surface area is 171 Å². The van der Waals surface area contributed by atoms with E-state index in [4.69, 9.17) is 4.42 Å². The first-order chi connectivity index (χ1) is 13.0. The van der Waals surface area contributed by atoms with E-state index in [1.54, 1.807) is 18.3 Å². The summed E-state index contributed by atoms with van der Waals surface area (Å²) in [6.45, 7) is 9.67. The summed E-state index contributed by atoms with van der Waals surface area (Å²) in [5, 5.41) is 6.37. The summed E-state index contributed by atoms with van der Waals surface area (Å²) in [5.41, 5.74) is -0.0957. The summed E-state index contributed by atoms with van der Waals surface area (Å²) in [6, 6.07) is 3.43. The van der Waals surface area contributed by atoms with E-state index in [1.165, 1.54) is 29.7 Å². The molecule has 0 saturated carbocycles. The molecule has 0 unspecified atom stereocenters. The van der Waals surface area contributed by atoms with Crippen LogP contribution in [0.2, 0.25) is 0 Å². The van der Waals surface area contributed by atoms with Crippen molar-refractivity contribution in [2.75, 3.05) is 20.6 Å². The van der Waals surface area contributed by atoms with E-state index < -0.39 is 10.0 Å². The van der Waals surface area contributed by atoms with Gasteiger partial charge in [-0.2, -0.15) is 0 Å². The van der Waals surface area contributed by atoms with Crippen molar-refractivity contribution in [3.63, 3.8) is 0 Å². The lowest BCUT2D eigenvalue weighted by Crippen LogP contribution is -2.36. The molecule has 28 heavy (non-hydrogen) atoms. The van der Waals surface area contributed by atoms with Crippen LogP contribution in [0.5, 0.6) is 0 Å². The summed E-state index contributed by atoms with van der Waals surface area (Å²) in [6.07, 6.45) is 1.74. The van der Waals surface area contributed by atoms with Crippen LogP contribution in [0.4, 0.5) is 0 Å². The Morgan fingerprint density at radius 2 is 2.00 bits per heavy atom. The van der Waals surface area contributed by atoms with Crippen LogP contribution in [-0.2, 0) is 28.5 Å². The summed E-state index contributed by atoms with van der Waals surface area (Å²) < 4.78 is 31.7. The fourth-order valence-corrected chi connectivity index (χ4v) is 4.63. The zero-order valence-corrected chi connectivity index (χ0v) is 18.9. The number of oxazole rings is 1. The highest BCUT2D eigenvalue weighted by atomic mass is 32.2. The number of guanidine groups is 1. The quantitative estimate of drug-likeness (QED) is 0.520. The van der Waals surface area contributed by atoms with Crippen molar-refractivity contribution in [2.45, 2.75) is 50.4 Å². The van der Waals surface area contributed by atoms with Crippen LogP contribution in [0.25, 0.3) is 0 Å². The van der Waals surface area contributed by atoms with Crippen LogP contribution in [-0.4, -0.2) is 44.3 Å². The highest BCUT2D eigenvalue weighted by molar-refractivity contribution is 7.91. The predicted octanol–water partition coefficient (Wildman–Crippen LogP) is 2.54. The van der Waals surface area contributed by atoms with E-state index in [9.17, 15) is 8.42 Å². The normalized spacial score (nSPS) is 13.2. The molecule has 10 heteroatoms. The fraction of sp³-hybridized carbons (Fsp3) is 0.556. The Morgan fingerprint density at radius 1 is 1.29 bits per heavy atom. The smallest absolute Gasteiger partial charge is 0.252 e. The first-order valence-electron chi connectivity index (χ1n) is 9.02. The SMILES string of the molecule is CCNC(=NCc1ncc(C(C)(C)C)o1)NCc1ccc(S(=O)(=O)N(C)C)s1. The number of thiophene rings is 1. The second-order valence-corrected chi connectivity index (χ2v) is 11.0. The van der Waals surface area contributed by atoms with Gasteiger partial charge >= 0.3 is 0 Å². The summed E-state index contributed by atoms with van der Waals surface area (Å²) in [4.78, 5) is 9.68. The molecule has 0 fully saturated rings. The number of hydrogen-bond acceptors (Lipinski definition) is 6. The molecule has 2 rings (SSSR count). The number of nitrogens with one attached hydrogen (secondary N) is 2. The van der Waals surface area contributed by atoms with Crippen molar-refractivity contribution in [2.24, 2.45) is 4.99 Å². The topological polar surface area (TPSA) is 99.8 Å². The van der Waals surface area contributed by atoms with Gasteiger partial charge in [-0.15, -0.1) is 11.3 Å². The lowest BCUT2D eigenvalue weighted by molar-refractivity contribution is 0.383. The Bertz CT molecular complexity index is 908. The summed E-state index contributed by atoms with van der Waals surface area (Å²) in [5.74, 6) is 1.99. The number of rotatable bonds is 7. The number of nitrogens with zero attached hydrogens (tertiary/aromatic N) is 3. The Kier molecular flexibility index (Phi) is 7.24. The van der Waals surface area contributed by atoms with Gasteiger partial charge in [-0.25, -0.2) is 22.7 Å². The highest BCUT2D eigenvalue weighted by Crippen LogP contribution is 2.24. The lowest BCUT2D eigenvalue weighted by Gasteiger charge is -2.13. The van der Waals surface area contributed by atoms with Gasteiger partial charge in [0.1, 0.15) is 16.5 Å². The third-order valence-corrected chi connectivity index (χ3v) is 7.18. The molecular formula is C18H29N5O3S2. The maximum Gasteiger partial charge on any atom is 0.252 e. The molecule has 0 aromatic carbocycles. The van der Waals surface area contributed by atoms with Crippen molar-refractivity contribution in [1.29, 1.82) is 0 Å². The molecule has 0 bridgehead atoms. The molecule has 2 aromatic rings. The van der Waals surface area contributed by atoms with Gasteiger partial charge in [-0.3, -0.25) is 0 Å². The van der Waals surface area contributed by atoms with Crippen molar-refractivity contribution in [1.82, 2.24) is 19.9 Å². The number of aromatic nitrogens is 1. The molecule has 0 amide bonds. The van der Waals surface area contributed by atoms with Crippen molar-refractivity contribution >= 4 is 27.3 Å². The van der Waals surface area contributed by atoms with Gasteiger partial charge in [0.15, 0.2) is 5.96 Å². The van der Waals surface area contributed by atoms with E-state index in [-0.39, 0.29) is 5.41 Å². The van der Waals surface area contributed by atoms with Gasteiger partial charge in [0.2, 0.25) is 5.89 Å². The van der Waals surface area contributed by atoms with Crippen LogP contribution in [0.1, 0.15) is 44.2 Å². The summed E-state index contributed by atoms with van der Waals surface area (Å²) >= 11 is 1.24. The standard InChI is InChI=1S/C18H29N5O3S2/c1-7-19-17(22-12-15-20-11-14(26-15)18(2,3)4)21-10-13-8-9-16(27-13)28(24,25)23(5)6/h8-9,11H,7,10,12H2,1-6H3,(H2,19,21,22). The first-order valence-corrected chi connectivity index (χ1v) is 11.3. The minimum absolute atomic E-state index is 0.0957. The third kappa shape index (κ3) is 5.79. The maximum atomic E-state index is 12.2. The zero-order valence-electron chi connectivity index (χ0n) is 17.2. The minimum Gasteiger partial charge on any atom is -0.443 e. The summed E-state index contributed by atoms with van der Waals surface area (Å²) in [7, 11) is -0.354. The number of aliphatic imine (C=N–C) groups is 1. The fourth-order valence-electron chi connectivity index (χ4n) is 2.16. The monoisotopic (exact) mass is 427 g/mol. The van der Waals surface area contributed by atoms with Crippen LogP contribution in [0, 0.1) is 0 Å². The molecule has 2 heterocycles. The number of sulfonamides is 1. The van der Waals surface area contributed by atoms with Gasteiger partial charge in [-0.1, -0.05) is 20.8 Å². The largest absolute Gasteiger partial charge is 0.443 e. The van der Waals surface area contributed by atoms with Crippen molar-refractivity contribution < 1.29 is 12.8 Å². The van der Waals surface area contributed by atoms with Crippen LogP contribution in [0.3, 0.4) is 0 Å². The average Bonchev–Trinajstić information content (AvgIpc) is 3.26. The van der Waals surface area contributed by atoms with Crippen molar-refractivity contribution in [3.05, 3.63) is 34.9 Å². The van der Waals surface area contributed by atoms with Crippen LogP contribution < -0.4 is 10.6 Å². The van der Waals surface area contributed by atoms with Gasteiger partial charge in [-0.05, 0) is 19.1 Å². The van der Waals surface area contributed by atoms with E-state index in [1.807, 2.05) is 6.92 Å². The molecule has 0 aliphatic rings. The average molecular weight is 428 g/mol. The third-order valence-electron chi connectivity index (χ3n) is 3.81. The van der Waals surface area contributed by atoms with Crippen molar-refractivity contribution in [3.8, 4) is 0 Å². The van der Waals surface area contributed by atoms with Gasteiger partial charge in [0.25, 0.3) is 10.0 Å². The zero-order chi connectivity index (χ0) is 20.9.